The molecule has 5 heteroatoms. The molecule has 0 aliphatic carbocycles. The van der Waals surface area contributed by atoms with E-state index in [-0.39, 0.29) is 0 Å². The fourth-order valence-electron chi connectivity index (χ4n) is 2.12. The summed E-state index contributed by atoms with van der Waals surface area (Å²) in [6.45, 7) is 2.42. The number of ether oxygens (including phenoxy) is 1. The van der Waals surface area contributed by atoms with Crippen molar-refractivity contribution >= 4 is 32.7 Å². The highest BCUT2D eigenvalue weighted by Crippen LogP contribution is 2.23. The predicted molar refractivity (Wildman–Crippen MR) is 83.7 cm³/mol. The minimum Gasteiger partial charge on any atom is -0.486 e. The topological polar surface area (TPSA) is 63.9 Å². The maximum absolute atomic E-state index is 5.72. The number of benzene rings is 2. The van der Waals surface area contributed by atoms with Gasteiger partial charge in [-0.25, -0.2) is 4.98 Å². The van der Waals surface area contributed by atoms with Gasteiger partial charge in [-0.2, -0.15) is 0 Å². The number of imidazole rings is 1. The second-order valence-electron chi connectivity index (χ2n) is 4.66. The Labute approximate surface area is 125 Å². The third-order valence-corrected chi connectivity index (χ3v) is 3.48. The molecule has 0 aliphatic rings. The molecule has 102 valence electrons. The summed E-state index contributed by atoms with van der Waals surface area (Å²) in [5.41, 5.74) is 9.50. The molecule has 0 fully saturated rings. The van der Waals surface area contributed by atoms with Crippen LogP contribution in [-0.2, 0) is 6.61 Å². The van der Waals surface area contributed by atoms with Crippen molar-refractivity contribution in [2.24, 2.45) is 0 Å². The second-order valence-corrected chi connectivity index (χ2v) is 5.58. The quantitative estimate of drug-likeness (QED) is 0.717. The Bertz CT molecular complexity index is 767. The van der Waals surface area contributed by atoms with Crippen molar-refractivity contribution in [3.8, 4) is 5.75 Å². The summed E-state index contributed by atoms with van der Waals surface area (Å²) < 4.78 is 6.72. The minimum absolute atomic E-state index is 0.384. The second kappa shape index (κ2) is 5.17. The number of fused-ring (bicyclic) bond motifs is 1. The molecule has 2 aromatic carbocycles. The highest BCUT2D eigenvalue weighted by molar-refractivity contribution is 9.10. The molecular weight excluding hydrogens is 318 g/mol. The molecule has 0 saturated carbocycles. The van der Waals surface area contributed by atoms with E-state index in [0.717, 1.165) is 32.6 Å². The van der Waals surface area contributed by atoms with E-state index >= 15 is 0 Å². The van der Waals surface area contributed by atoms with Crippen LogP contribution in [0.25, 0.3) is 11.0 Å². The van der Waals surface area contributed by atoms with Crippen LogP contribution in [0.1, 0.15) is 11.4 Å². The highest BCUT2D eigenvalue weighted by atomic mass is 79.9. The van der Waals surface area contributed by atoms with Crippen LogP contribution in [-0.4, -0.2) is 9.97 Å². The molecule has 3 N–H and O–H groups in total. The van der Waals surface area contributed by atoms with Gasteiger partial charge in [0.25, 0.3) is 0 Å². The predicted octanol–water partition coefficient (Wildman–Crippen LogP) is 3.80. The molecule has 0 bridgehead atoms. The first-order valence-corrected chi connectivity index (χ1v) is 7.04. The summed E-state index contributed by atoms with van der Waals surface area (Å²) in [7, 11) is 0. The number of rotatable bonds is 3. The lowest BCUT2D eigenvalue weighted by Crippen LogP contribution is -1.97. The van der Waals surface area contributed by atoms with E-state index in [1.54, 1.807) is 6.07 Å². The Morgan fingerprint density at radius 1 is 1.30 bits per heavy atom. The zero-order chi connectivity index (χ0) is 14.1. The van der Waals surface area contributed by atoms with Gasteiger partial charge in [0.1, 0.15) is 18.2 Å². The lowest BCUT2D eigenvalue weighted by Gasteiger charge is -2.04. The van der Waals surface area contributed by atoms with Crippen molar-refractivity contribution in [2.75, 3.05) is 5.73 Å². The standard InChI is InChI=1S/C15H14BrN3O/c1-9-5-10(16)6-13-15(9)19-14(18-13)8-20-12-4-2-3-11(17)7-12/h2-7H,8,17H2,1H3,(H,18,19). The fourth-order valence-corrected chi connectivity index (χ4v) is 2.69. The number of nitrogens with two attached hydrogens (primary N) is 1. The van der Waals surface area contributed by atoms with Crippen LogP contribution < -0.4 is 10.5 Å². The zero-order valence-electron chi connectivity index (χ0n) is 11.0. The molecule has 20 heavy (non-hydrogen) atoms. The molecule has 0 spiro atoms. The van der Waals surface area contributed by atoms with Crippen LogP contribution in [0.5, 0.6) is 5.75 Å². The number of anilines is 1. The van der Waals surface area contributed by atoms with Gasteiger partial charge in [0, 0.05) is 16.2 Å². The largest absolute Gasteiger partial charge is 0.486 e. The van der Waals surface area contributed by atoms with Gasteiger partial charge < -0.3 is 15.5 Å². The van der Waals surface area contributed by atoms with Gasteiger partial charge in [0.15, 0.2) is 0 Å². The number of aromatic amines is 1. The number of nitrogens with one attached hydrogen (secondary N) is 1. The average molecular weight is 332 g/mol. The number of nitrogen functional groups attached to an aromatic ring is 1. The summed E-state index contributed by atoms with van der Waals surface area (Å²) in [5.74, 6) is 1.53. The number of nitrogens with zero attached hydrogens (tertiary/aromatic N) is 1. The smallest absolute Gasteiger partial charge is 0.146 e. The van der Waals surface area contributed by atoms with E-state index in [1.165, 1.54) is 0 Å². The number of hydrogen-bond acceptors (Lipinski definition) is 3. The van der Waals surface area contributed by atoms with Crippen LogP contribution in [0.3, 0.4) is 0 Å². The molecule has 0 atom stereocenters. The van der Waals surface area contributed by atoms with E-state index in [2.05, 4.69) is 25.9 Å². The van der Waals surface area contributed by atoms with E-state index < -0.39 is 0 Å². The molecule has 4 nitrogen and oxygen atoms in total. The van der Waals surface area contributed by atoms with Gasteiger partial charge in [-0.05, 0) is 36.8 Å². The van der Waals surface area contributed by atoms with Crippen molar-refractivity contribution in [2.45, 2.75) is 13.5 Å². The van der Waals surface area contributed by atoms with Gasteiger partial charge in [-0.15, -0.1) is 0 Å². The van der Waals surface area contributed by atoms with Crippen molar-refractivity contribution in [1.82, 2.24) is 9.97 Å². The van der Waals surface area contributed by atoms with Gasteiger partial charge in [-0.3, -0.25) is 0 Å². The van der Waals surface area contributed by atoms with Gasteiger partial charge in [0.2, 0.25) is 0 Å². The van der Waals surface area contributed by atoms with Gasteiger partial charge in [0.05, 0.1) is 11.0 Å². The maximum atomic E-state index is 5.72. The SMILES string of the molecule is Cc1cc(Br)cc2[nH]c(COc3cccc(N)c3)nc12. The van der Waals surface area contributed by atoms with Crippen LogP contribution in [0.4, 0.5) is 5.69 Å². The fraction of sp³-hybridized carbons (Fsp3) is 0.133. The minimum atomic E-state index is 0.384. The lowest BCUT2D eigenvalue weighted by atomic mass is 10.2. The number of aryl methyl sites for hydroxylation is 1. The molecule has 0 aliphatic heterocycles. The summed E-state index contributed by atoms with van der Waals surface area (Å²) >= 11 is 3.48. The third kappa shape index (κ3) is 2.63. The molecule has 3 rings (SSSR count). The first-order valence-electron chi connectivity index (χ1n) is 6.25. The summed E-state index contributed by atoms with van der Waals surface area (Å²) in [6, 6.07) is 11.4. The van der Waals surface area contributed by atoms with Crippen molar-refractivity contribution in [3.63, 3.8) is 0 Å². The zero-order valence-corrected chi connectivity index (χ0v) is 12.6. The normalized spacial score (nSPS) is 10.9. The average Bonchev–Trinajstić information content (AvgIpc) is 2.80. The Balaban J connectivity index is 1.83. The van der Waals surface area contributed by atoms with Crippen molar-refractivity contribution in [1.29, 1.82) is 0 Å². The molecule has 0 amide bonds. The molecule has 1 heterocycles. The van der Waals surface area contributed by atoms with E-state index in [0.29, 0.717) is 12.3 Å². The first-order chi connectivity index (χ1) is 9.61. The highest BCUT2D eigenvalue weighted by Gasteiger charge is 2.07. The van der Waals surface area contributed by atoms with E-state index in [9.17, 15) is 0 Å². The van der Waals surface area contributed by atoms with Crippen molar-refractivity contribution in [3.05, 3.63) is 52.3 Å². The molecule has 1 aromatic heterocycles. The molecule has 0 unspecified atom stereocenters. The van der Waals surface area contributed by atoms with E-state index in [4.69, 9.17) is 10.5 Å². The summed E-state index contributed by atoms with van der Waals surface area (Å²) in [6.07, 6.45) is 0. The Morgan fingerprint density at radius 3 is 2.95 bits per heavy atom. The summed E-state index contributed by atoms with van der Waals surface area (Å²) in [5, 5.41) is 0. The van der Waals surface area contributed by atoms with Gasteiger partial charge >= 0.3 is 0 Å². The first kappa shape index (κ1) is 13.0. The van der Waals surface area contributed by atoms with Crippen LogP contribution in [0.2, 0.25) is 0 Å². The Hall–Kier alpha value is -2.01. The molecule has 3 aromatic rings. The van der Waals surface area contributed by atoms with Crippen LogP contribution in [0, 0.1) is 6.92 Å². The Kier molecular flexibility index (Phi) is 3.36. The lowest BCUT2D eigenvalue weighted by molar-refractivity contribution is 0.297. The number of aromatic nitrogens is 2. The van der Waals surface area contributed by atoms with Crippen molar-refractivity contribution < 1.29 is 4.74 Å². The number of hydrogen-bond donors (Lipinski definition) is 2. The third-order valence-electron chi connectivity index (χ3n) is 3.02. The number of H-pyrrole nitrogens is 1. The van der Waals surface area contributed by atoms with Gasteiger partial charge in [-0.1, -0.05) is 22.0 Å². The van der Waals surface area contributed by atoms with E-state index in [1.807, 2.05) is 37.3 Å². The number of halogens is 1. The Morgan fingerprint density at radius 2 is 2.15 bits per heavy atom. The van der Waals surface area contributed by atoms with Crippen LogP contribution >= 0.6 is 15.9 Å². The molecule has 0 saturated heterocycles. The maximum Gasteiger partial charge on any atom is 0.146 e. The monoisotopic (exact) mass is 331 g/mol. The summed E-state index contributed by atoms with van der Waals surface area (Å²) in [4.78, 5) is 7.82. The van der Waals surface area contributed by atoms with Crippen LogP contribution in [0.15, 0.2) is 40.9 Å². The molecule has 0 radical (unpaired) electrons. The molecular formula is C15H14BrN3O.